The molecule has 3 rings (SSSR count). The Morgan fingerprint density at radius 2 is 2.21 bits per heavy atom. The van der Waals surface area contributed by atoms with Gasteiger partial charge in [-0.25, -0.2) is 8.78 Å². The number of fused-ring (bicyclic) bond motifs is 1. The number of pyridine rings is 1. The number of benzene rings is 1. The van der Waals surface area contributed by atoms with Crippen molar-refractivity contribution >= 4 is 17.4 Å². The molecule has 1 aromatic carbocycles. The number of aliphatic hydroxyl groups is 1. The fraction of sp³-hybridized carbons (Fsp3) is 0.333. The number of aryl methyl sites for hydroxylation is 1. The van der Waals surface area contributed by atoms with Gasteiger partial charge in [0.2, 0.25) is 0 Å². The Bertz CT molecular complexity index is 783. The van der Waals surface area contributed by atoms with Gasteiger partial charge in [-0.2, -0.15) is 0 Å². The maximum Gasteiger partial charge on any atom is 0.195 e. The van der Waals surface area contributed by atoms with Crippen molar-refractivity contribution in [3.63, 3.8) is 0 Å². The fourth-order valence-electron chi connectivity index (χ4n) is 3.09. The molecule has 0 saturated carbocycles. The quantitative estimate of drug-likeness (QED) is 0.903. The van der Waals surface area contributed by atoms with E-state index in [4.69, 9.17) is 11.6 Å². The van der Waals surface area contributed by atoms with Crippen LogP contribution in [0.4, 0.5) is 8.78 Å². The molecule has 1 aliphatic carbocycles. The molecule has 24 heavy (non-hydrogen) atoms. The van der Waals surface area contributed by atoms with Crippen LogP contribution >= 0.6 is 11.6 Å². The number of ketones is 1. The van der Waals surface area contributed by atoms with E-state index in [1.807, 2.05) is 0 Å². The van der Waals surface area contributed by atoms with Gasteiger partial charge in [0.15, 0.2) is 11.5 Å². The Hall–Kier alpha value is -1.85. The summed E-state index contributed by atoms with van der Waals surface area (Å²) in [5.41, 5.74) is -1.20. The molecule has 2 aromatic rings. The van der Waals surface area contributed by atoms with E-state index in [0.717, 1.165) is 0 Å². The highest BCUT2D eigenvalue weighted by molar-refractivity contribution is 6.31. The number of hydrogen-bond acceptors (Lipinski definition) is 3. The SMILES string of the molecule is O=C(CCc1ccc(F)cc1Cl)[C@]1(F)CC[C@H](O)c2ncccc21. The number of nitrogens with zero attached hydrogens (tertiary/aromatic N) is 1. The summed E-state index contributed by atoms with van der Waals surface area (Å²) in [4.78, 5) is 16.6. The third-order valence-corrected chi connectivity index (χ3v) is 4.77. The van der Waals surface area contributed by atoms with Crippen LogP contribution in [0.15, 0.2) is 36.5 Å². The van der Waals surface area contributed by atoms with Crippen LogP contribution in [0.2, 0.25) is 5.02 Å². The van der Waals surface area contributed by atoms with E-state index < -0.39 is 23.4 Å². The second kappa shape index (κ2) is 6.57. The Morgan fingerprint density at radius 3 is 2.96 bits per heavy atom. The number of alkyl halides is 1. The maximum absolute atomic E-state index is 15.4. The lowest BCUT2D eigenvalue weighted by atomic mass is 9.77. The average molecular weight is 352 g/mol. The lowest BCUT2D eigenvalue weighted by Gasteiger charge is -2.32. The normalized spacial score (nSPS) is 22.9. The molecule has 3 nitrogen and oxygen atoms in total. The zero-order valence-electron chi connectivity index (χ0n) is 12.8. The number of hydrogen-bond donors (Lipinski definition) is 1. The van der Waals surface area contributed by atoms with Crippen molar-refractivity contribution in [2.45, 2.75) is 37.5 Å². The Labute approximate surface area is 143 Å². The highest BCUT2D eigenvalue weighted by atomic mass is 35.5. The zero-order chi connectivity index (χ0) is 17.3. The van der Waals surface area contributed by atoms with E-state index in [1.165, 1.54) is 30.5 Å². The Kier molecular flexibility index (Phi) is 4.65. The van der Waals surface area contributed by atoms with Crippen molar-refractivity contribution in [2.24, 2.45) is 0 Å². The second-order valence-corrected chi connectivity index (χ2v) is 6.36. The van der Waals surface area contributed by atoms with E-state index in [-0.39, 0.29) is 42.0 Å². The molecule has 2 atom stereocenters. The Morgan fingerprint density at radius 1 is 1.42 bits per heavy atom. The van der Waals surface area contributed by atoms with Gasteiger partial charge in [0.1, 0.15) is 5.82 Å². The highest BCUT2D eigenvalue weighted by Crippen LogP contribution is 2.43. The third kappa shape index (κ3) is 3.06. The first kappa shape index (κ1) is 17.0. The summed E-state index contributed by atoms with van der Waals surface area (Å²) in [6, 6.07) is 6.97. The number of rotatable bonds is 4. The van der Waals surface area contributed by atoms with E-state index in [9.17, 15) is 14.3 Å². The number of carbonyl (C=O) groups excluding carboxylic acids is 1. The van der Waals surface area contributed by atoms with Crippen LogP contribution in [-0.2, 0) is 16.9 Å². The van der Waals surface area contributed by atoms with Crippen LogP contribution in [-0.4, -0.2) is 15.9 Å². The summed E-state index contributed by atoms with van der Waals surface area (Å²) in [5, 5.41) is 10.2. The summed E-state index contributed by atoms with van der Waals surface area (Å²) in [7, 11) is 0. The van der Waals surface area contributed by atoms with E-state index in [2.05, 4.69) is 4.98 Å². The lowest BCUT2D eigenvalue weighted by molar-refractivity contribution is -0.133. The standard InChI is InChI=1S/C18H16ClF2NO2/c19-14-10-12(20)5-3-11(14)4-6-16(24)18(21)8-7-15(23)17-13(18)2-1-9-22-17/h1-3,5,9-10,15,23H,4,6-8H2/t15-,18-/m0/s1. The lowest BCUT2D eigenvalue weighted by Crippen LogP contribution is -2.36. The molecule has 0 spiro atoms. The van der Waals surface area contributed by atoms with Gasteiger partial charge < -0.3 is 5.11 Å². The molecule has 6 heteroatoms. The highest BCUT2D eigenvalue weighted by Gasteiger charge is 2.45. The summed E-state index contributed by atoms with van der Waals surface area (Å²) in [6.45, 7) is 0. The number of aliphatic hydroxyl groups excluding tert-OH is 1. The minimum atomic E-state index is -2.16. The van der Waals surface area contributed by atoms with Gasteiger partial charge in [-0.3, -0.25) is 9.78 Å². The first-order chi connectivity index (χ1) is 11.4. The number of aromatic nitrogens is 1. The predicted molar refractivity (Wildman–Crippen MR) is 86.0 cm³/mol. The van der Waals surface area contributed by atoms with Crippen LogP contribution in [0.1, 0.15) is 42.2 Å². The van der Waals surface area contributed by atoms with Crippen molar-refractivity contribution in [3.05, 3.63) is 64.2 Å². The summed E-state index contributed by atoms with van der Waals surface area (Å²) in [5.74, 6) is -1.04. The van der Waals surface area contributed by atoms with Gasteiger partial charge in [0.05, 0.1) is 11.8 Å². The minimum absolute atomic E-state index is 0.0632. The van der Waals surface area contributed by atoms with E-state index >= 15 is 4.39 Å². The topological polar surface area (TPSA) is 50.2 Å². The van der Waals surface area contributed by atoms with Crippen molar-refractivity contribution in [3.8, 4) is 0 Å². The maximum atomic E-state index is 15.4. The average Bonchev–Trinajstić information content (AvgIpc) is 2.57. The van der Waals surface area contributed by atoms with Gasteiger partial charge in [-0.1, -0.05) is 23.7 Å². The minimum Gasteiger partial charge on any atom is -0.387 e. The molecule has 0 unspecified atom stereocenters. The van der Waals surface area contributed by atoms with Gasteiger partial charge in [-0.15, -0.1) is 0 Å². The molecule has 0 amide bonds. The molecule has 1 N–H and O–H groups in total. The summed E-state index contributed by atoms with van der Waals surface area (Å²) >= 11 is 5.95. The van der Waals surface area contributed by atoms with E-state index in [1.54, 1.807) is 6.07 Å². The smallest absolute Gasteiger partial charge is 0.195 e. The monoisotopic (exact) mass is 351 g/mol. The zero-order valence-corrected chi connectivity index (χ0v) is 13.6. The Balaban J connectivity index is 1.81. The second-order valence-electron chi connectivity index (χ2n) is 5.95. The largest absolute Gasteiger partial charge is 0.387 e. The first-order valence-electron chi connectivity index (χ1n) is 7.71. The predicted octanol–water partition coefficient (Wildman–Crippen LogP) is 4.07. The number of carbonyl (C=O) groups is 1. The molecular formula is C18H16ClF2NO2. The molecule has 0 radical (unpaired) electrons. The third-order valence-electron chi connectivity index (χ3n) is 4.42. The number of Topliss-reactive ketones (excluding diaryl/α,β-unsaturated/α-hetero) is 1. The first-order valence-corrected chi connectivity index (χ1v) is 8.09. The molecule has 1 heterocycles. The van der Waals surface area contributed by atoms with Crippen LogP contribution in [0.5, 0.6) is 0 Å². The van der Waals surface area contributed by atoms with Gasteiger partial charge in [0, 0.05) is 23.2 Å². The van der Waals surface area contributed by atoms with Gasteiger partial charge >= 0.3 is 0 Å². The van der Waals surface area contributed by atoms with Crippen LogP contribution in [0.25, 0.3) is 0 Å². The molecule has 1 aliphatic rings. The molecule has 0 bridgehead atoms. The van der Waals surface area contributed by atoms with Crippen LogP contribution < -0.4 is 0 Å². The van der Waals surface area contributed by atoms with Crippen molar-refractivity contribution in [2.75, 3.05) is 0 Å². The fourth-order valence-corrected chi connectivity index (χ4v) is 3.35. The number of halogens is 3. The van der Waals surface area contributed by atoms with Crippen LogP contribution in [0.3, 0.4) is 0 Å². The van der Waals surface area contributed by atoms with Crippen molar-refractivity contribution in [1.29, 1.82) is 0 Å². The molecule has 0 fully saturated rings. The van der Waals surface area contributed by atoms with Crippen molar-refractivity contribution in [1.82, 2.24) is 4.98 Å². The van der Waals surface area contributed by atoms with Gasteiger partial charge in [-0.05, 0) is 43.0 Å². The summed E-state index contributed by atoms with van der Waals surface area (Å²) in [6.07, 6.45) is 0.834. The van der Waals surface area contributed by atoms with Crippen LogP contribution in [0, 0.1) is 5.82 Å². The molecule has 126 valence electrons. The molecule has 0 aliphatic heterocycles. The molecular weight excluding hydrogens is 336 g/mol. The summed E-state index contributed by atoms with van der Waals surface area (Å²) < 4.78 is 28.5. The molecule has 0 saturated heterocycles. The molecule has 1 aromatic heterocycles. The van der Waals surface area contributed by atoms with Crippen molar-refractivity contribution < 1.29 is 18.7 Å². The van der Waals surface area contributed by atoms with Gasteiger partial charge in [0.25, 0.3) is 0 Å². The van der Waals surface area contributed by atoms with E-state index in [0.29, 0.717) is 5.56 Å².